The Kier molecular flexibility index (Phi) is 7.89. The van der Waals surface area contributed by atoms with Crippen LogP contribution in [0.2, 0.25) is 10.0 Å². The summed E-state index contributed by atoms with van der Waals surface area (Å²) in [5.74, 6) is -0.273. The summed E-state index contributed by atoms with van der Waals surface area (Å²) >= 11 is 14.6. The number of carbonyl (C=O) groups is 2. The average Bonchev–Trinajstić information content (AvgIpc) is 3.39. The standard InChI is InChI=1S/C22H20Cl2N2O3S2/c1-3-8-25-22(29)19-7-6-18(31-19)17(27)10-26-12(2)14-11-30-21(20(14)28)13-4-5-15(23)16(24)9-13/h4-7,9,11,28H,3,8,10H2,1-2H3,(H,25,29). The number of ketones is 1. The number of hydrogen-bond donors (Lipinski definition) is 2. The number of carbonyl (C=O) groups excluding carboxylic acids is 2. The fraction of sp³-hybridized carbons (Fsp3) is 0.227. The highest BCUT2D eigenvalue weighted by molar-refractivity contribution is 7.16. The maximum absolute atomic E-state index is 12.5. The van der Waals surface area contributed by atoms with Crippen LogP contribution in [0, 0.1) is 0 Å². The minimum absolute atomic E-state index is 0.0697. The molecule has 3 rings (SSSR count). The highest BCUT2D eigenvalue weighted by Gasteiger charge is 2.17. The lowest BCUT2D eigenvalue weighted by atomic mass is 10.1. The molecule has 162 valence electrons. The Morgan fingerprint density at radius 1 is 1.13 bits per heavy atom. The van der Waals surface area contributed by atoms with Crippen molar-refractivity contribution in [2.75, 3.05) is 13.1 Å². The topological polar surface area (TPSA) is 78.8 Å². The van der Waals surface area contributed by atoms with Gasteiger partial charge < -0.3 is 10.4 Å². The molecule has 2 N–H and O–H groups in total. The van der Waals surface area contributed by atoms with Gasteiger partial charge in [0.15, 0.2) is 5.78 Å². The minimum atomic E-state index is -0.182. The second kappa shape index (κ2) is 10.4. The van der Waals surface area contributed by atoms with Gasteiger partial charge in [0.25, 0.3) is 5.91 Å². The summed E-state index contributed by atoms with van der Waals surface area (Å²) < 4.78 is 0. The second-order valence-corrected chi connectivity index (χ2v) is 9.48. The Hall–Kier alpha value is -2.19. The smallest absolute Gasteiger partial charge is 0.261 e. The van der Waals surface area contributed by atoms with E-state index in [-0.39, 0.29) is 24.0 Å². The third-order valence-corrected chi connectivity index (χ3v) is 7.32. The molecule has 31 heavy (non-hydrogen) atoms. The molecule has 1 aromatic carbocycles. The van der Waals surface area contributed by atoms with Gasteiger partial charge >= 0.3 is 0 Å². The third-order valence-electron chi connectivity index (χ3n) is 4.44. The quantitative estimate of drug-likeness (QED) is 0.284. The Labute approximate surface area is 198 Å². The first-order valence-corrected chi connectivity index (χ1v) is 12.0. The molecule has 0 saturated carbocycles. The first kappa shape index (κ1) is 23.5. The monoisotopic (exact) mass is 494 g/mol. The summed E-state index contributed by atoms with van der Waals surface area (Å²) in [5.41, 5.74) is 1.86. The van der Waals surface area contributed by atoms with Crippen LogP contribution in [0.3, 0.4) is 0 Å². The van der Waals surface area contributed by atoms with Crippen molar-refractivity contribution in [1.82, 2.24) is 5.32 Å². The summed E-state index contributed by atoms with van der Waals surface area (Å²) in [7, 11) is 0. The molecule has 5 nitrogen and oxygen atoms in total. The fourth-order valence-electron chi connectivity index (χ4n) is 2.74. The first-order valence-electron chi connectivity index (χ1n) is 9.50. The van der Waals surface area contributed by atoms with Crippen molar-refractivity contribution in [2.24, 2.45) is 4.99 Å². The number of nitrogens with zero attached hydrogens (tertiary/aromatic N) is 1. The Morgan fingerprint density at radius 3 is 2.58 bits per heavy atom. The molecule has 0 spiro atoms. The lowest BCUT2D eigenvalue weighted by molar-refractivity contribution is 0.0957. The summed E-state index contributed by atoms with van der Waals surface area (Å²) in [6.45, 7) is 4.24. The van der Waals surface area contributed by atoms with Crippen molar-refractivity contribution in [1.29, 1.82) is 0 Å². The van der Waals surface area contributed by atoms with Gasteiger partial charge in [0.2, 0.25) is 0 Å². The SMILES string of the molecule is CCCNC(=O)c1ccc(C(=O)CN=C(C)c2csc(-c3ccc(Cl)c(Cl)c3)c2O)s1. The molecule has 2 heterocycles. The van der Waals surface area contributed by atoms with Crippen LogP contribution in [-0.4, -0.2) is 35.6 Å². The molecule has 0 bridgehead atoms. The Morgan fingerprint density at radius 2 is 1.87 bits per heavy atom. The van der Waals surface area contributed by atoms with Crippen molar-refractivity contribution < 1.29 is 14.7 Å². The van der Waals surface area contributed by atoms with Crippen molar-refractivity contribution in [3.05, 3.63) is 61.1 Å². The van der Waals surface area contributed by atoms with Gasteiger partial charge in [-0.3, -0.25) is 14.6 Å². The maximum atomic E-state index is 12.5. The van der Waals surface area contributed by atoms with Crippen LogP contribution >= 0.6 is 45.9 Å². The van der Waals surface area contributed by atoms with Crippen molar-refractivity contribution in [3.63, 3.8) is 0 Å². The van der Waals surface area contributed by atoms with Crippen LogP contribution in [0.4, 0.5) is 0 Å². The van der Waals surface area contributed by atoms with E-state index < -0.39 is 0 Å². The second-order valence-electron chi connectivity index (χ2n) is 6.70. The number of nitrogens with one attached hydrogen (secondary N) is 1. The number of aromatic hydroxyl groups is 1. The van der Waals surface area contributed by atoms with Crippen LogP contribution in [-0.2, 0) is 0 Å². The average molecular weight is 495 g/mol. The molecule has 3 aromatic rings. The molecule has 1 amide bonds. The number of Topliss-reactive ketones (excluding diaryl/α,β-unsaturated/α-hetero) is 1. The highest BCUT2D eigenvalue weighted by Crippen LogP contribution is 2.40. The van der Waals surface area contributed by atoms with E-state index in [1.165, 1.54) is 11.3 Å². The molecule has 0 atom stereocenters. The molecule has 0 saturated heterocycles. The molecule has 2 aromatic heterocycles. The third kappa shape index (κ3) is 5.54. The van der Waals surface area contributed by atoms with Gasteiger partial charge in [0.05, 0.1) is 24.7 Å². The van der Waals surface area contributed by atoms with E-state index in [9.17, 15) is 14.7 Å². The molecule has 0 radical (unpaired) electrons. The van der Waals surface area contributed by atoms with Crippen LogP contribution in [0.1, 0.15) is 45.2 Å². The van der Waals surface area contributed by atoms with Gasteiger partial charge in [0, 0.05) is 23.2 Å². The van der Waals surface area contributed by atoms with Crippen LogP contribution in [0.25, 0.3) is 10.4 Å². The molecule has 0 aliphatic heterocycles. The van der Waals surface area contributed by atoms with E-state index >= 15 is 0 Å². The zero-order valence-electron chi connectivity index (χ0n) is 16.9. The lowest BCUT2D eigenvalue weighted by Crippen LogP contribution is -2.22. The number of thiophene rings is 2. The molecule has 0 aliphatic carbocycles. The largest absolute Gasteiger partial charge is 0.506 e. The van der Waals surface area contributed by atoms with Gasteiger partial charge in [-0.25, -0.2) is 0 Å². The molecule has 0 aliphatic rings. The van der Waals surface area contributed by atoms with Gasteiger partial charge in [-0.15, -0.1) is 22.7 Å². The zero-order chi connectivity index (χ0) is 22.5. The fourth-order valence-corrected chi connectivity index (χ4v) is 4.89. The summed E-state index contributed by atoms with van der Waals surface area (Å²) in [6.07, 6.45) is 0.846. The number of aliphatic imine (C=N–C) groups is 1. The van der Waals surface area contributed by atoms with Crippen LogP contribution in [0.15, 0.2) is 40.7 Å². The van der Waals surface area contributed by atoms with Crippen molar-refractivity contribution >= 4 is 63.3 Å². The molecule has 0 fully saturated rings. The summed E-state index contributed by atoms with van der Waals surface area (Å²) in [5, 5.41) is 16.1. The normalized spacial score (nSPS) is 11.5. The van der Waals surface area contributed by atoms with Gasteiger partial charge in [-0.05, 0) is 43.2 Å². The van der Waals surface area contributed by atoms with Gasteiger partial charge in [-0.2, -0.15) is 0 Å². The summed E-state index contributed by atoms with van der Waals surface area (Å²) in [6, 6.07) is 8.44. The molecular weight excluding hydrogens is 475 g/mol. The first-order chi connectivity index (χ1) is 14.8. The highest BCUT2D eigenvalue weighted by atomic mass is 35.5. The lowest BCUT2D eigenvalue weighted by Gasteiger charge is -2.03. The van der Waals surface area contributed by atoms with E-state index in [2.05, 4.69) is 10.3 Å². The number of amides is 1. The van der Waals surface area contributed by atoms with E-state index in [1.54, 1.807) is 42.6 Å². The number of benzene rings is 1. The van der Waals surface area contributed by atoms with Gasteiger partial charge in [0.1, 0.15) is 12.3 Å². The number of halogens is 2. The molecule has 9 heteroatoms. The Balaban J connectivity index is 1.72. The van der Waals surface area contributed by atoms with E-state index in [1.807, 2.05) is 6.92 Å². The number of rotatable bonds is 8. The van der Waals surface area contributed by atoms with E-state index in [0.29, 0.717) is 42.5 Å². The van der Waals surface area contributed by atoms with Gasteiger partial charge in [-0.1, -0.05) is 36.2 Å². The summed E-state index contributed by atoms with van der Waals surface area (Å²) in [4.78, 5) is 30.5. The predicted molar refractivity (Wildman–Crippen MR) is 130 cm³/mol. The van der Waals surface area contributed by atoms with E-state index in [4.69, 9.17) is 23.2 Å². The van der Waals surface area contributed by atoms with Crippen molar-refractivity contribution in [2.45, 2.75) is 20.3 Å². The molecule has 0 unspecified atom stereocenters. The van der Waals surface area contributed by atoms with Crippen molar-refractivity contribution in [3.8, 4) is 16.2 Å². The number of hydrogen-bond acceptors (Lipinski definition) is 6. The molecular formula is C22H20Cl2N2O3S2. The maximum Gasteiger partial charge on any atom is 0.261 e. The zero-order valence-corrected chi connectivity index (χ0v) is 20.0. The predicted octanol–water partition coefficient (Wildman–Crippen LogP) is 6.32. The minimum Gasteiger partial charge on any atom is -0.506 e. The van der Waals surface area contributed by atoms with E-state index in [0.717, 1.165) is 23.3 Å². The van der Waals surface area contributed by atoms with Crippen LogP contribution in [0.5, 0.6) is 5.75 Å². The Bertz CT molecular complexity index is 1150. The van der Waals surface area contributed by atoms with Crippen LogP contribution < -0.4 is 5.32 Å².